The molecule has 1 unspecified atom stereocenters. The predicted molar refractivity (Wildman–Crippen MR) is 103 cm³/mol. The van der Waals surface area contributed by atoms with Gasteiger partial charge in [0.05, 0.1) is 6.04 Å². The van der Waals surface area contributed by atoms with E-state index >= 15 is 0 Å². The highest BCUT2D eigenvalue weighted by Gasteiger charge is 2.24. The molecule has 4 rings (SSSR count). The van der Waals surface area contributed by atoms with Gasteiger partial charge in [-0.05, 0) is 54.3 Å². The molecule has 140 valence electrons. The van der Waals surface area contributed by atoms with Gasteiger partial charge in [0.1, 0.15) is 5.82 Å². The first-order valence-corrected chi connectivity index (χ1v) is 10.2. The molecule has 27 heavy (non-hydrogen) atoms. The van der Waals surface area contributed by atoms with E-state index in [1.54, 1.807) is 23.9 Å². The molecule has 4 nitrogen and oxygen atoms in total. The Kier molecular flexibility index (Phi) is 5.16. The lowest BCUT2D eigenvalue weighted by atomic mass is 10.0. The average Bonchev–Trinajstić information content (AvgIpc) is 3.07. The monoisotopic (exact) mass is 384 g/mol. The van der Waals surface area contributed by atoms with E-state index in [2.05, 4.69) is 5.32 Å². The number of carbonyl (C=O) groups excluding carboxylic acids is 2. The van der Waals surface area contributed by atoms with Crippen LogP contribution in [0.15, 0.2) is 47.4 Å². The van der Waals surface area contributed by atoms with Crippen molar-refractivity contribution in [3.05, 3.63) is 65.0 Å². The topological polar surface area (TPSA) is 49.4 Å². The molecule has 0 radical (unpaired) electrons. The number of hydrogen-bond acceptors (Lipinski definition) is 3. The molecule has 0 saturated carbocycles. The molecule has 1 saturated heterocycles. The number of rotatable bonds is 4. The molecule has 1 fully saturated rings. The van der Waals surface area contributed by atoms with Crippen LogP contribution < -0.4 is 5.32 Å². The van der Waals surface area contributed by atoms with Crippen LogP contribution in [0.4, 0.5) is 4.39 Å². The van der Waals surface area contributed by atoms with Gasteiger partial charge < -0.3 is 10.2 Å². The molecule has 2 aromatic carbocycles. The van der Waals surface area contributed by atoms with E-state index in [4.69, 9.17) is 0 Å². The summed E-state index contributed by atoms with van der Waals surface area (Å²) in [6.07, 6.45) is 2.28. The van der Waals surface area contributed by atoms with E-state index in [0.29, 0.717) is 18.5 Å². The fraction of sp³-hybridized carbons (Fsp3) is 0.333. The Morgan fingerprint density at radius 3 is 2.96 bits per heavy atom. The van der Waals surface area contributed by atoms with E-state index in [1.165, 1.54) is 12.1 Å². The summed E-state index contributed by atoms with van der Waals surface area (Å²) in [6.45, 7) is 1.31. The third-order valence-electron chi connectivity index (χ3n) is 5.05. The van der Waals surface area contributed by atoms with Crippen molar-refractivity contribution in [3.63, 3.8) is 0 Å². The van der Waals surface area contributed by atoms with Crippen molar-refractivity contribution in [2.45, 2.75) is 36.7 Å². The molecule has 0 aliphatic carbocycles. The SMILES string of the molecule is O=C(NC1CCSc2ccc(F)cc21)c1cccc(CN2CCCC2=O)c1. The molecular weight excluding hydrogens is 363 g/mol. The highest BCUT2D eigenvalue weighted by molar-refractivity contribution is 7.99. The number of amides is 2. The lowest BCUT2D eigenvalue weighted by Crippen LogP contribution is -2.31. The Hall–Kier alpha value is -2.34. The van der Waals surface area contributed by atoms with Crippen molar-refractivity contribution >= 4 is 23.6 Å². The van der Waals surface area contributed by atoms with E-state index in [-0.39, 0.29) is 23.7 Å². The van der Waals surface area contributed by atoms with Crippen LogP contribution in [-0.2, 0) is 11.3 Å². The van der Waals surface area contributed by atoms with Gasteiger partial charge in [-0.1, -0.05) is 12.1 Å². The van der Waals surface area contributed by atoms with Crippen molar-refractivity contribution in [2.75, 3.05) is 12.3 Å². The third kappa shape index (κ3) is 4.00. The zero-order valence-electron chi connectivity index (χ0n) is 14.9. The van der Waals surface area contributed by atoms with Gasteiger partial charge in [-0.25, -0.2) is 4.39 Å². The summed E-state index contributed by atoms with van der Waals surface area (Å²) in [5.41, 5.74) is 2.36. The largest absolute Gasteiger partial charge is 0.345 e. The van der Waals surface area contributed by atoms with Crippen LogP contribution >= 0.6 is 11.8 Å². The van der Waals surface area contributed by atoms with E-state index < -0.39 is 0 Å². The van der Waals surface area contributed by atoms with Crippen LogP contribution in [0.3, 0.4) is 0 Å². The molecule has 2 amide bonds. The summed E-state index contributed by atoms with van der Waals surface area (Å²) >= 11 is 1.69. The van der Waals surface area contributed by atoms with Crippen LogP contribution in [0.25, 0.3) is 0 Å². The van der Waals surface area contributed by atoms with Crippen molar-refractivity contribution in [1.82, 2.24) is 10.2 Å². The van der Waals surface area contributed by atoms with Gasteiger partial charge in [0.15, 0.2) is 0 Å². The number of hydrogen-bond donors (Lipinski definition) is 1. The molecule has 2 heterocycles. The Balaban J connectivity index is 1.48. The second kappa shape index (κ2) is 7.72. The number of fused-ring (bicyclic) bond motifs is 1. The minimum Gasteiger partial charge on any atom is -0.345 e. The van der Waals surface area contributed by atoms with E-state index in [0.717, 1.165) is 41.2 Å². The highest BCUT2D eigenvalue weighted by atomic mass is 32.2. The number of likely N-dealkylation sites (tertiary alicyclic amines) is 1. The Morgan fingerprint density at radius 2 is 2.15 bits per heavy atom. The van der Waals surface area contributed by atoms with Gasteiger partial charge in [0, 0.05) is 35.7 Å². The molecule has 1 N–H and O–H groups in total. The first kappa shape index (κ1) is 18.0. The maximum Gasteiger partial charge on any atom is 0.251 e. The molecule has 1 atom stereocenters. The van der Waals surface area contributed by atoms with Crippen LogP contribution in [0, 0.1) is 5.82 Å². The van der Waals surface area contributed by atoms with Gasteiger partial charge in [-0.2, -0.15) is 0 Å². The third-order valence-corrected chi connectivity index (χ3v) is 6.17. The first-order chi connectivity index (χ1) is 13.1. The first-order valence-electron chi connectivity index (χ1n) is 9.20. The quantitative estimate of drug-likeness (QED) is 0.869. The smallest absolute Gasteiger partial charge is 0.251 e. The standard InChI is InChI=1S/C21H21FN2O2S/c22-16-6-7-19-17(12-16)18(8-10-27-19)23-21(26)15-4-1-3-14(11-15)13-24-9-2-5-20(24)25/h1,3-4,6-7,11-12,18H,2,5,8-10,13H2,(H,23,26). The number of benzene rings is 2. The summed E-state index contributed by atoms with van der Waals surface area (Å²) in [5.74, 6) is 0.605. The molecule has 2 aliphatic heterocycles. The lowest BCUT2D eigenvalue weighted by molar-refractivity contribution is -0.128. The van der Waals surface area contributed by atoms with E-state index in [9.17, 15) is 14.0 Å². The summed E-state index contributed by atoms with van der Waals surface area (Å²) in [7, 11) is 0. The van der Waals surface area contributed by atoms with E-state index in [1.807, 2.05) is 23.1 Å². The Bertz CT molecular complexity index is 886. The minimum atomic E-state index is -0.284. The average molecular weight is 384 g/mol. The molecule has 2 aromatic rings. The summed E-state index contributed by atoms with van der Waals surface area (Å²) < 4.78 is 13.7. The van der Waals surface area contributed by atoms with Crippen molar-refractivity contribution in [3.8, 4) is 0 Å². The van der Waals surface area contributed by atoms with Crippen molar-refractivity contribution < 1.29 is 14.0 Å². The molecule has 2 aliphatic rings. The second-order valence-corrected chi connectivity index (χ2v) is 8.10. The summed E-state index contributed by atoms with van der Waals surface area (Å²) in [4.78, 5) is 27.4. The fourth-order valence-corrected chi connectivity index (χ4v) is 4.76. The van der Waals surface area contributed by atoms with Crippen LogP contribution in [0.1, 0.15) is 46.8 Å². The lowest BCUT2D eigenvalue weighted by Gasteiger charge is -2.26. The Labute approximate surface area is 162 Å². The second-order valence-electron chi connectivity index (χ2n) is 6.96. The number of halogens is 1. The zero-order chi connectivity index (χ0) is 18.8. The molecule has 0 bridgehead atoms. The van der Waals surface area contributed by atoms with Gasteiger partial charge in [0.25, 0.3) is 5.91 Å². The summed E-state index contributed by atoms with van der Waals surface area (Å²) in [5, 5.41) is 3.05. The number of nitrogens with one attached hydrogen (secondary N) is 1. The predicted octanol–water partition coefficient (Wildman–Crippen LogP) is 3.92. The van der Waals surface area contributed by atoms with Gasteiger partial charge in [-0.15, -0.1) is 11.8 Å². The normalized spacial score (nSPS) is 19.1. The molecule has 0 spiro atoms. The van der Waals surface area contributed by atoms with Crippen LogP contribution in [0.5, 0.6) is 0 Å². The maximum atomic E-state index is 13.7. The maximum absolute atomic E-state index is 13.7. The van der Waals surface area contributed by atoms with Crippen molar-refractivity contribution in [2.24, 2.45) is 0 Å². The van der Waals surface area contributed by atoms with Crippen LogP contribution in [-0.4, -0.2) is 29.0 Å². The van der Waals surface area contributed by atoms with Gasteiger partial charge in [0.2, 0.25) is 5.91 Å². The molecule has 6 heteroatoms. The van der Waals surface area contributed by atoms with Crippen LogP contribution in [0.2, 0.25) is 0 Å². The zero-order valence-corrected chi connectivity index (χ0v) is 15.7. The molecular formula is C21H21FN2O2S. The fourth-order valence-electron chi connectivity index (χ4n) is 3.66. The van der Waals surface area contributed by atoms with Crippen molar-refractivity contribution in [1.29, 1.82) is 0 Å². The van der Waals surface area contributed by atoms with Gasteiger partial charge >= 0.3 is 0 Å². The van der Waals surface area contributed by atoms with Gasteiger partial charge in [-0.3, -0.25) is 9.59 Å². The number of nitrogens with zero attached hydrogens (tertiary/aromatic N) is 1. The highest BCUT2D eigenvalue weighted by Crippen LogP contribution is 2.36. The number of thioether (sulfide) groups is 1. The number of carbonyl (C=O) groups is 2. The minimum absolute atomic E-state index is 0.170. The summed E-state index contributed by atoms with van der Waals surface area (Å²) in [6, 6.07) is 12.0. The Morgan fingerprint density at radius 1 is 1.26 bits per heavy atom. The molecule has 0 aromatic heterocycles.